The summed E-state index contributed by atoms with van der Waals surface area (Å²) in [4.78, 5) is 8.25. The average Bonchev–Trinajstić information content (AvgIpc) is 2.98. The number of hydrogen-bond acceptors (Lipinski definition) is 5. The lowest BCUT2D eigenvalue weighted by molar-refractivity contribution is 0.585. The first-order valence-electron chi connectivity index (χ1n) is 6.46. The SMILES string of the molecule is N#Cc1nc(-c2ccccc2)oc1NCc1cccnc1. The highest BCUT2D eigenvalue weighted by atomic mass is 16.4. The molecule has 0 spiro atoms. The van der Waals surface area contributed by atoms with Gasteiger partial charge in [0, 0.05) is 24.5 Å². The third-order valence-corrected chi connectivity index (χ3v) is 2.93. The minimum atomic E-state index is 0.248. The van der Waals surface area contributed by atoms with Gasteiger partial charge in [-0.1, -0.05) is 24.3 Å². The number of rotatable bonds is 4. The van der Waals surface area contributed by atoms with Crippen LogP contribution >= 0.6 is 0 Å². The molecule has 2 heterocycles. The van der Waals surface area contributed by atoms with Gasteiger partial charge in [-0.25, -0.2) is 0 Å². The molecule has 102 valence electrons. The van der Waals surface area contributed by atoms with Crippen molar-refractivity contribution < 1.29 is 4.42 Å². The van der Waals surface area contributed by atoms with Crippen molar-refractivity contribution in [3.8, 4) is 17.5 Å². The Kier molecular flexibility index (Phi) is 3.61. The molecule has 3 aromatic rings. The van der Waals surface area contributed by atoms with Crippen LogP contribution in [0.5, 0.6) is 0 Å². The number of hydrogen-bond donors (Lipinski definition) is 1. The minimum Gasteiger partial charge on any atom is -0.419 e. The summed E-state index contributed by atoms with van der Waals surface area (Å²) in [7, 11) is 0. The van der Waals surface area contributed by atoms with Gasteiger partial charge in [-0.05, 0) is 23.8 Å². The van der Waals surface area contributed by atoms with Gasteiger partial charge in [-0.3, -0.25) is 4.98 Å². The summed E-state index contributed by atoms with van der Waals surface area (Å²) in [5, 5.41) is 12.2. The van der Waals surface area contributed by atoms with Gasteiger partial charge < -0.3 is 9.73 Å². The number of pyridine rings is 1. The van der Waals surface area contributed by atoms with Crippen molar-refractivity contribution in [2.75, 3.05) is 5.32 Å². The number of nitriles is 1. The Labute approximate surface area is 121 Å². The predicted molar refractivity (Wildman–Crippen MR) is 78.2 cm³/mol. The smallest absolute Gasteiger partial charge is 0.232 e. The maximum Gasteiger partial charge on any atom is 0.232 e. The molecule has 0 amide bonds. The fourth-order valence-electron chi connectivity index (χ4n) is 1.90. The molecule has 5 nitrogen and oxygen atoms in total. The van der Waals surface area contributed by atoms with E-state index < -0.39 is 0 Å². The number of benzene rings is 1. The lowest BCUT2D eigenvalue weighted by Crippen LogP contribution is -1.99. The second-order valence-electron chi connectivity index (χ2n) is 4.39. The van der Waals surface area contributed by atoms with Crippen molar-refractivity contribution in [3.63, 3.8) is 0 Å². The quantitative estimate of drug-likeness (QED) is 0.791. The summed E-state index contributed by atoms with van der Waals surface area (Å²) in [6, 6.07) is 15.3. The summed E-state index contributed by atoms with van der Waals surface area (Å²) < 4.78 is 5.65. The third kappa shape index (κ3) is 2.90. The molecule has 0 aliphatic carbocycles. The van der Waals surface area contributed by atoms with E-state index in [2.05, 4.69) is 15.3 Å². The molecule has 21 heavy (non-hydrogen) atoms. The molecule has 0 fully saturated rings. The predicted octanol–water partition coefficient (Wildman–Crippen LogP) is 3.22. The van der Waals surface area contributed by atoms with Crippen LogP contribution in [0.25, 0.3) is 11.5 Å². The van der Waals surface area contributed by atoms with E-state index in [9.17, 15) is 0 Å². The van der Waals surface area contributed by atoms with E-state index in [4.69, 9.17) is 9.68 Å². The van der Waals surface area contributed by atoms with E-state index in [1.165, 1.54) is 0 Å². The van der Waals surface area contributed by atoms with Crippen molar-refractivity contribution in [1.29, 1.82) is 5.26 Å². The van der Waals surface area contributed by atoms with Crippen molar-refractivity contribution >= 4 is 5.88 Å². The molecular weight excluding hydrogens is 264 g/mol. The van der Waals surface area contributed by atoms with Crippen LogP contribution in [0.15, 0.2) is 59.3 Å². The van der Waals surface area contributed by atoms with Gasteiger partial charge in [-0.2, -0.15) is 10.2 Å². The van der Waals surface area contributed by atoms with E-state index in [1.54, 1.807) is 12.4 Å². The van der Waals surface area contributed by atoms with E-state index in [1.807, 2.05) is 48.5 Å². The molecule has 0 saturated carbocycles. The van der Waals surface area contributed by atoms with Gasteiger partial charge in [0.15, 0.2) is 0 Å². The largest absolute Gasteiger partial charge is 0.419 e. The number of nitrogens with one attached hydrogen (secondary N) is 1. The van der Waals surface area contributed by atoms with Gasteiger partial charge >= 0.3 is 0 Å². The van der Waals surface area contributed by atoms with Crippen molar-refractivity contribution in [2.24, 2.45) is 0 Å². The molecule has 1 aromatic carbocycles. The standard InChI is InChI=1S/C16H12N4O/c17-9-14-16(19-11-12-5-4-8-18-10-12)21-15(20-14)13-6-2-1-3-7-13/h1-8,10,19H,11H2. The number of nitrogens with zero attached hydrogens (tertiary/aromatic N) is 3. The third-order valence-electron chi connectivity index (χ3n) is 2.93. The molecule has 0 aliphatic rings. The second-order valence-corrected chi connectivity index (χ2v) is 4.39. The maximum absolute atomic E-state index is 9.15. The highest BCUT2D eigenvalue weighted by Crippen LogP contribution is 2.25. The lowest BCUT2D eigenvalue weighted by Gasteiger charge is -2.02. The van der Waals surface area contributed by atoms with Gasteiger partial charge in [0.2, 0.25) is 17.5 Å². The summed E-state index contributed by atoms with van der Waals surface area (Å²) in [5.41, 5.74) is 2.08. The molecule has 5 heteroatoms. The van der Waals surface area contributed by atoms with Crippen LogP contribution in [0.2, 0.25) is 0 Å². The molecule has 0 radical (unpaired) electrons. The highest BCUT2D eigenvalue weighted by Gasteiger charge is 2.13. The molecule has 0 aliphatic heterocycles. The summed E-state index contributed by atoms with van der Waals surface area (Å²) >= 11 is 0. The zero-order valence-corrected chi connectivity index (χ0v) is 11.2. The lowest BCUT2D eigenvalue weighted by atomic mass is 10.2. The Morgan fingerprint density at radius 3 is 2.71 bits per heavy atom. The summed E-state index contributed by atoms with van der Waals surface area (Å²) in [6.45, 7) is 0.520. The molecule has 1 N–H and O–H groups in total. The normalized spacial score (nSPS) is 10.0. The van der Waals surface area contributed by atoms with E-state index in [0.717, 1.165) is 11.1 Å². The number of oxazole rings is 1. The first-order chi connectivity index (χ1) is 10.4. The molecule has 3 rings (SSSR count). The molecule has 0 unspecified atom stereocenters. The van der Waals surface area contributed by atoms with Crippen LogP contribution in [0.1, 0.15) is 11.3 Å². The zero-order valence-electron chi connectivity index (χ0n) is 11.2. The van der Waals surface area contributed by atoms with Gasteiger partial charge in [0.1, 0.15) is 6.07 Å². The number of aromatic nitrogens is 2. The fourth-order valence-corrected chi connectivity index (χ4v) is 1.90. The monoisotopic (exact) mass is 276 g/mol. The van der Waals surface area contributed by atoms with Gasteiger partial charge in [0.25, 0.3) is 0 Å². The van der Waals surface area contributed by atoms with Crippen LogP contribution in [0.4, 0.5) is 5.88 Å². The molecular formula is C16H12N4O. The van der Waals surface area contributed by atoms with E-state index in [0.29, 0.717) is 18.3 Å². The highest BCUT2D eigenvalue weighted by molar-refractivity contribution is 5.58. The Morgan fingerprint density at radius 1 is 1.14 bits per heavy atom. The average molecular weight is 276 g/mol. The molecule has 0 bridgehead atoms. The Bertz CT molecular complexity index is 760. The van der Waals surface area contributed by atoms with Crippen LogP contribution in [0, 0.1) is 11.3 Å². The van der Waals surface area contributed by atoms with Crippen molar-refractivity contribution in [2.45, 2.75) is 6.54 Å². The van der Waals surface area contributed by atoms with Crippen LogP contribution in [0.3, 0.4) is 0 Å². The van der Waals surface area contributed by atoms with Gasteiger partial charge in [0.05, 0.1) is 0 Å². The fraction of sp³-hybridized carbons (Fsp3) is 0.0625. The van der Waals surface area contributed by atoms with Crippen LogP contribution in [-0.2, 0) is 6.54 Å². The Balaban J connectivity index is 1.82. The van der Waals surface area contributed by atoms with Crippen LogP contribution in [-0.4, -0.2) is 9.97 Å². The Hall–Kier alpha value is -3.13. The first-order valence-corrected chi connectivity index (χ1v) is 6.46. The minimum absolute atomic E-state index is 0.248. The van der Waals surface area contributed by atoms with Gasteiger partial charge in [-0.15, -0.1) is 0 Å². The molecule has 0 saturated heterocycles. The Morgan fingerprint density at radius 2 is 2.00 bits per heavy atom. The molecule has 2 aromatic heterocycles. The zero-order chi connectivity index (χ0) is 14.5. The maximum atomic E-state index is 9.15. The summed E-state index contributed by atoms with van der Waals surface area (Å²) in [5.74, 6) is 0.807. The van der Waals surface area contributed by atoms with Crippen LogP contribution < -0.4 is 5.32 Å². The first kappa shape index (κ1) is 12.9. The van der Waals surface area contributed by atoms with E-state index >= 15 is 0 Å². The summed E-state index contributed by atoms with van der Waals surface area (Å²) in [6.07, 6.45) is 3.47. The van der Waals surface area contributed by atoms with E-state index in [-0.39, 0.29) is 5.69 Å². The molecule has 0 atom stereocenters. The topological polar surface area (TPSA) is 74.7 Å². The van der Waals surface area contributed by atoms with Crippen molar-refractivity contribution in [3.05, 3.63) is 66.1 Å². The van der Waals surface area contributed by atoms with Crippen molar-refractivity contribution in [1.82, 2.24) is 9.97 Å². The second kappa shape index (κ2) is 5.88. The number of anilines is 1.